The Morgan fingerprint density at radius 2 is 2.10 bits per heavy atom. The highest BCUT2D eigenvalue weighted by Crippen LogP contribution is 2.40. The van der Waals surface area contributed by atoms with Crippen LogP contribution in [0.4, 0.5) is 4.79 Å². The molecule has 1 aliphatic carbocycles. The number of rotatable bonds is 5. The third kappa shape index (κ3) is 3.01. The second-order valence-corrected chi connectivity index (χ2v) is 5.73. The molecule has 1 unspecified atom stereocenters. The lowest BCUT2D eigenvalue weighted by atomic mass is 9.69. The monoisotopic (exact) mass is 295 g/mol. The molecule has 0 radical (unpaired) electrons. The zero-order valence-electron chi connectivity index (χ0n) is 12.5. The highest BCUT2D eigenvalue weighted by atomic mass is 16.5. The molecule has 1 atom stereocenters. The maximum atomic E-state index is 11.9. The van der Waals surface area contributed by atoms with Gasteiger partial charge in [0.2, 0.25) is 0 Å². The van der Waals surface area contributed by atoms with Crippen LogP contribution in [0.15, 0.2) is 4.52 Å². The van der Waals surface area contributed by atoms with Gasteiger partial charge < -0.3 is 20.3 Å². The molecule has 2 amide bonds. The van der Waals surface area contributed by atoms with E-state index in [1.54, 1.807) is 6.92 Å². The summed E-state index contributed by atoms with van der Waals surface area (Å²) >= 11 is 0. The van der Waals surface area contributed by atoms with Gasteiger partial charge in [0.1, 0.15) is 5.76 Å². The lowest BCUT2D eigenvalue weighted by Crippen LogP contribution is -2.50. The average molecular weight is 295 g/mol. The number of aromatic nitrogens is 1. The van der Waals surface area contributed by atoms with Crippen molar-refractivity contribution in [2.75, 3.05) is 6.54 Å². The van der Waals surface area contributed by atoms with Crippen LogP contribution in [0.1, 0.15) is 49.2 Å². The smallest absolute Gasteiger partial charge is 0.315 e. The van der Waals surface area contributed by atoms with E-state index in [1.165, 1.54) is 0 Å². The summed E-state index contributed by atoms with van der Waals surface area (Å²) in [6.07, 6.45) is 2.12. The zero-order valence-corrected chi connectivity index (χ0v) is 12.5. The first-order valence-corrected chi connectivity index (χ1v) is 7.06. The largest absolute Gasteiger partial charge is 0.481 e. The van der Waals surface area contributed by atoms with Crippen LogP contribution in [-0.2, 0) is 4.79 Å². The lowest BCUT2D eigenvalue weighted by molar-refractivity contribution is -0.153. The summed E-state index contributed by atoms with van der Waals surface area (Å²) in [5.41, 5.74) is 0.798. The minimum absolute atomic E-state index is 0.155. The van der Waals surface area contributed by atoms with E-state index < -0.39 is 11.4 Å². The number of carbonyl (C=O) groups is 2. The molecule has 2 rings (SSSR count). The van der Waals surface area contributed by atoms with Gasteiger partial charge in [-0.05, 0) is 33.6 Å². The fraction of sp³-hybridized carbons (Fsp3) is 0.643. The first-order chi connectivity index (χ1) is 9.85. The maximum absolute atomic E-state index is 11.9. The van der Waals surface area contributed by atoms with Gasteiger partial charge in [0.05, 0.1) is 17.2 Å². The van der Waals surface area contributed by atoms with Crippen molar-refractivity contribution >= 4 is 12.0 Å². The molecular formula is C14H21N3O4. The second kappa shape index (κ2) is 5.75. The number of nitrogens with zero attached hydrogens (tertiary/aromatic N) is 1. The molecule has 1 aromatic heterocycles. The Morgan fingerprint density at radius 1 is 1.43 bits per heavy atom. The van der Waals surface area contributed by atoms with E-state index in [0.717, 1.165) is 17.7 Å². The van der Waals surface area contributed by atoms with Gasteiger partial charge in [0.15, 0.2) is 0 Å². The number of carbonyl (C=O) groups excluding carboxylic acids is 1. The van der Waals surface area contributed by atoms with Crippen molar-refractivity contribution in [1.29, 1.82) is 0 Å². The summed E-state index contributed by atoms with van der Waals surface area (Å²) in [6.45, 7) is 5.60. The van der Waals surface area contributed by atoms with Crippen molar-refractivity contribution in [3.05, 3.63) is 17.0 Å². The zero-order chi connectivity index (χ0) is 15.6. The number of aliphatic carboxylic acids is 1. The van der Waals surface area contributed by atoms with Crippen molar-refractivity contribution < 1.29 is 19.2 Å². The van der Waals surface area contributed by atoms with Crippen molar-refractivity contribution in [3.8, 4) is 0 Å². The fourth-order valence-corrected chi connectivity index (χ4v) is 2.75. The van der Waals surface area contributed by atoms with E-state index in [0.29, 0.717) is 18.6 Å². The first kappa shape index (κ1) is 15.3. The predicted molar refractivity (Wildman–Crippen MR) is 74.8 cm³/mol. The van der Waals surface area contributed by atoms with E-state index in [-0.39, 0.29) is 18.6 Å². The molecule has 1 aromatic rings. The molecular weight excluding hydrogens is 274 g/mol. The van der Waals surface area contributed by atoms with Gasteiger partial charge in [-0.15, -0.1) is 0 Å². The third-order valence-corrected chi connectivity index (χ3v) is 4.22. The van der Waals surface area contributed by atoms with Gasteiger partial charge in [-0.1, -0.05) is 11.6 Å². The van der Waals surface area contributed by atoms with Crippen LogP contribution >= 0.6 is 0 Å². The molecule has 1 heterocycles. The van der Waals surface area contributed by atoms with Crippen molar-refractivity contribution in [2.45, 2.75) is 46.1 Å². The molecule has 7 heteroatoms. The molecule has 0 spiro atoms. The molecule has 116 valence electrons. The predicted octanol–water partition coefficient (Wildman–Crippen LogP) is 1.91. The Morgan fingerprint density at radius 3 is 2.52 bits per heavy atom. The molecule has 0 bridgehead atoms. The van der Waals surface area contributed by atoms with E-state index in [4.69, 9.17) is 4.52 Å². The van der Waals surface area contributed by atoms with Gasteiger partial charge in [-0.3, -0.25) is 4.79 Å². The molecule has 21 heavy (non-hydrogen) atoms. The summed E-state index contributed by atoms with van der Waals surface area (Å²) in [6, 6.07) is -0.631. The molecule has 1 aliphatic rings. The SMILES string of the molecule is Cc1noc(C)c1C(C)NC(=O)NCC1(C(=O)O)CCC1. The Kier molecular flexibility index (Phi) is 4.20. The lowest BCUT2D eigenvalue weighted by Gasteiger charge is -2.37. The average Bonchev–Trinajstić information content (AvgIpc) is 2.67. The highest BCUT2D eigenvalue weighted by molar-refractivity contribution is 5.79. The molecule has 1 saturated carbocycles. The summed E-state index contributed by atoms with van der Waals surface area (Å²) in [4.78, 5) is 23.1. The number of urea groups is 1. The topological polar surface area (TPSA) is 104 Å². The molecule has 3 N–H and O–H groups in total. The number of hydrogen-bond donors (Lipinski definition) is 3. The van der Waals surface area contributed by atoms with E-state index in [2.05, 4.69) is 15.8 Å². The van der Waals surface area contributed by atoms with Crippen LogP contribution in [0.3, 0.4) is 0 Å². The molecule has 0 aliphatic heterocycles. The Labute approximate surface area is 123 Å². The molecule has 0 saturated heterocycles. The fourth-order valence-electron chi connectivity index (χ4n) is 2.75. The van der Waals surface area contributed by atoms with Crippen LogP contribution in [0, 0.1) is 19.3 Å². The van der Waals surface area contributed by atoms with Crippen molar-refractivity contribution in [2.24, 2.45) is 5.41 Å². The molecule has 7 nitrogen and oxygen atoms in total. The van der Waals surface area contributed by atoms with Gasteiger partial charge in [0.25, 0.3) is 0 Å². The first-order valence-electron chi connectivity index (χ1n) is 7.06. The molecule has 1 fully saturated rings. The third-order valence-electron chi connectivity index (χ3n) is 4.22. The van der Waals surface area contributed by atoms with Crippen LogP contribution in [0.2, 0.25) is 0 Å². The van der Waals surface area contributed by atoms with E-state index in [1.807, 2.05) is 13.8 Å². The van der Waals surface area contributed by atoms with Crippen molar-refractivity contribution in [1.82, 2.24) is 15.8 Å². The van der Waals surface area contributed by atoms with Gasteiger partial charge in [-0.2, -0.15) is 0 Å². The summed E-state index contributed by atoms with van der Waals surface area (Å²) in [5, 5.41) is 18.5. The molecule has 0 aromatic carbocycles. The normalized spacial score (nSPS) is 17.7. The van der Waals surface area contributed by atoms with Gasteiger partial charge in [-0.25, -0.2) is 4.79 Å². The van der Waals surface area contributed by atoms with Gasteiger partial charge in [0, 0.05) is 12.1 Å². The second-order valence-electron chi connectivity index (χ2n) is 5.73. The quantitative estimate of drug-likeness (QED) is 0.769. The number of carboxylic acids is 1. The summed E-state index contributed by atoms with van der Waals surface area (Å²) in [5.74, 6) is -0.172. The number of nitrogens with one attached hydrogen (secondary N) is 2. The van der Waals surface area contributed by atoms with Crippen LogP contribution in [0.5, 0.6) is 0 Å². The Bertz CT molecular complexity index is 529. The van der Waals surface area contributed by atoms with Crippen molar-refractivity contribution in [3.63, 3.8) is 0 Å². The Balaban J connectivity index is 1.89. The van der Waals surface area contributed by atoms with Crippen LogP contribution in [-0.4, -0.2) is 28.8 Å². The standard InChI is InChI=1S/C14H21N3O4/c1-8(11-9(2)17-21-10(11)3)16-13(20)15-7-14(12(18)19)5-4-6-14/h8H,4-7H2,1-3H3,(H,18,19)(H2,15,16,20). The number of hydrogen-bond acceptors (Lipinski definition) is 4. The number of aryl methyl sites for hydroxylation is 2. The maximum Gasteiger partial charge on any atom is 0.315 e. The summed E-state index contributed by atoms with van der Waals surface area (Å²) in [7, 11) is 0. The summed E-state index contributed by atoms with van der Waals surface area (Å²) < 4.78 is 5.07. The van der Waals surface area contributed by atoms with Gasteiger partial charge >= 0.3 is 12.0 Å². The minimum atomic E-state index is -0.840. The highest BCUT2D eigenvalue weighted by Gasteiger charge is 2.44. The van der Waals surface area contributed by atoms with Crippen LogP contribution < -0.4 is 10.6 Å². The van der Waals surface area contributed by atoms with E-state index in [9.17, 15) is 14.7 Å². The number of amides is 2. The Hall–Kier alpha value is -2.05. The minimum Gasteiger partial charge on any atom is -0.481 e. The number of carboxylic acid groups (broad SMARTS) is 1. The van der Waals surface area contributed by atoms with Crippen LogP contribution in [0.25, 0.3) is 0 Å². The van der Waals surface area contributed by atoms with E-state index >= 15 is 0 Å².